The van der Waals surface area contributed by atoms with E-state index < -0.39 is 5.97 Å². The number of anilines is 2. The van der Waals surface area contributed by atoms with E-state index >= 15 is 0 Å². The first-order valence-electron chi connectivity index (χ1n) is 5.30. The van der Waals surface area contributed by atoms with Crippen LogP contribution < -0.4 is 11.1 Å². The molecule has 1 aromatic heterocycles. The van der Waals surface area contributed by atoms with Gasteiger partial charge in [0, 0.05) is 6.54 Å². The second kappa shape index (κ2) is 4.00. The molecule has 1 heterocycles. The van der Waals surface area contributed by atoms with Crippen molar-refractivity contribution < 1.29 is 9.90 Å². The van der Waals surface area contributed by atoms with Crippen LogP contribution in [0.5, 0.6) is 0 Å². The van der Waals surface area contributed by atoms with Crippen molar-refractivity contribution in [3.63, 3.8) is 0 Å². The molecule has 0 aromatic carbocycles. The van der Waals surface area contributed by atoms with Gasteiger partial charge < -0.3 is 16.2 Å². The predicted octanol–water partition coefficient (Wildman–Crippen LogP) is 1.43. The smallest absolute Gasteiger partial charge is 0.337 e. The van der Waals surface area contributed by atoms with Crippen molar-refractivity contribution in [3.05, 3.63) is 17.8 Å². The molecule has 1 aliphatic rings. The van der Waals surface area contributed by atoms with Gasteiger partial charge in [-0.05, 0) is 24.3 Å². The number of aromatic carboxylic acids is 1. The molecule has 86 valence electrons. The van der Waals surface area contributed by atoms with Gasteiger partial charge in [-0.15, -0.1) is 0 Å². The van der Waals surface area contributed by atoms with Gasteiger partial charge in [0.2, 0.25) is 0 Å². The maximum absolute atomic E-state index is 10.8. The zero-order chi connectivity index (χ0) is 11.7. The second-order valence-electron chi connectivity index (χ2n) is 4.32. The standard InChI is InChI=1S/C11H15N3O2/c1-6-2-7(6)4-13-10-3-8(11(15)16)9(12)5-14-10/h3,5-7H,2,4,12H2,1H3,(H,13,14)(H,15,16). The number of aromatic nitrogens is 1. The van der Waals surface area contributed by atoms with Crippen LogP contribution in [0.1, 0.15) is 23.7 Å². The lowest BCUT2D eigenvalue weighted by Gasteiger charge is -2.06. The largest absolute Gasteiger partial charge is 0.478 e. The van der Waals surface area contributed by atoms with Crippen molar-refractivity contribution in [1.29, 1.82) is 0 Å². The lowest BCUT2D eigenvalue weighted by atomic mass is 10.2. The summed E-state index contributed by atoms with van der Waals surface area (Å²) in [5, 5.41) is 12.0. The minimum Gasteiger partial charge on any atom is -0.478 e. The number of pyridine rings is 1. The molecule has 2 unspecified atom stereocenters. The summed E-state index contributed by atoms with van der Waals surface area (Å²) in [6.45, 7) is 3.04. The summed E-state index contributed by atoms with van der Waals surface area (Å²) in [5.41, 5.74) is 5.80. The van der Waals surface area contributed by atoms with Crippen molar-refractivity contribution in [1.82, 2.24) is 4.98 Å². The summed E-state index contributed by atoms with van der Waals surface area (Å²) in [7, 11) is 0. The first kappa shape index (κ1) is 10.7. The van der Waals surface area contributed by atoms with Gasteiger partial charge >= 0.3 is 5.97 Å². The van der Waals surface area contributed by atoms with Crippen LogP contribution in [-0.4, -0.2) is 22.6 Å². The van der Waals surface area contributed by atoms with E-state index in [1.54, 1.807) is 0 Å². The molecular formula is C11H15N3O2. The maximum atomic E-state index is 10.8. The molecule has 0 amide bonds. The maximum Gasteiger partial charge on any atom is 0.337 e. The molecule has 0 bridgehead atoms. The molecule has 1 aliphatic carbocycles. The lowest BCUT2D eigenvalue weighted by Crippen LogP contribution is -2.09. The third-order valence-electron chi connectivity index (χ3n) is 2.99. The molecule has 1 saturated carbocycles. The number of nitrogen functional groups attached to an aromatic ring is 1. The van der Waals surface area contributed by atoms with E-state index in [1.165, 1.54) is 18.7 Å². The normalized spacial score (nSPS) is 22.8. The minimum atomic E-state index is -1.03. The Morgan fingerprint density at radius 2 is 2.44 bits per heavy atom. The van der Waals surface area contributed by atoms with Crippen molar-refractivity contribution >= 4 is 17.5 Å². The Hall–Kier alpha value is -1.78. The van der Waals surface area contributed by atoms with Crippen molar-refractivity contribution in [3.8, 4) is 0 Å². The number of carboxylic acid groups (broad SMARTS) is 1. The first-order chi connectivity index (χ1) is 7.58. The van der Waals surface area contributed by atoms with E-state index in [0.29, 0.717) is 11.7 Å². The van der Waals surface area contributed by atoms with Crippen LogP contribution in [-0.2, 0) is 0 Å². The SMILES string of the molecule is CC1CC1CNc1cc(C(=O)O)c(N)cn1. The van der Waals surface area contributed by atoms with Gasteiger partial charge in [-0.25, -0.2) is 9.78 Å². The molecule has 2 atom stereocenters. The number of hydrogen-bond donors (Lipinski definition) is 3. The fraction of sp³-hybridized carbons (Fsp3) is 0.455. The molecule has 16 heavy (non-hydrogen) atoms. The highest BCUT2D eigenvalue weighted by Crippen LogP contribution is 2.37. The Morgan fingerprint density at radius 1 is 1.75 bits per heavy atom. The number of carboxylic acids is 1. The zero-order valence-corrected chi connectivity index (χ0v) is 9.10. The molecular weight excluding hydrogens is 206 g/mol. The summed E-state index contributed by atoms with van der Waals surface area (Å²) in [5.74, 6) is 1.00. The molecule has 0 saturated heterocycles. The second-order valence-corrected chi connectivity index (χ2v) is 4.32. The molecule has 1 fully saturated rings. The highest BCUT2D eigenvalue weighted by molar-refractivity contribution is 5.94. The third-order valence-corrected chi connectivity index (χ3v) is 2.99. The monoisotopic (exact) mass is 221 g/mol. The van der Waals surface area contributed by atoms with E-state index in [0.717, 1.165) is 12.5 Å². The minimum absolute atomic E-state index is 0.0985. The molecule has 5 nitrogen and oxygen atoms in total. The van der Waals surface area contributed by atoms with Gasteiger partial charge in [0.1, 0.15) is 5.82 Å². The van der Waals surface area contributed by atoms with E-state index in [1.807, 2.05) is 0 Å². The third kappa shape index (κ3) is 2.24. The van der Waals surface area contributed by atoms with Crippen LogP contribution in [0.4, 0.5) is 11.5 Å². The Morgan fingerprint density at radius 3 is 3.00 bits per heavy atom. The number of nitrogens with one attached hydrogen (secondary N) is 1. The molecule has 0 aliphatic heterocycles. The van der Waals surface area contributed by atoms with Gasteiger partial charge in [-0.2, -0.15) is 0 Å². The van der Waals surface area contributed by atoms with Gasteiger partial charge in [0.05, 0.1) is 17.4 Å². The van der Waals surface area contributed by atoms with Crippen molar-refractivity contribution in [2.45, 2.75) is 13.3 Å². The van der Waals surface area contributed by atoms with E-state index in [2.05, 4.69) is 17.2 Å². The van der Waals surface area contributed by atoms with Gasteiger partial charge in [0.25, 0.3) is 0 Å². The molecule has 5 heteroatoms. The Kier molecular flexibility index (Phi) is 2.68. The molecule has 0 radical (unpaired) electrons. The number of nitrogens with two attached hydrogens (primary N) is 1. The summed E-state index contributed by atoms with van der Waals surface area (Å²) >= 11 is 0. The Labute approximate surface area is 93.7 Å². The van der Waals surface area contributed by atoms with Crippen LogP contribution in [0, 0.1) is 11.8 Å². The van der Waals surface area contributed by atoms with Gasteiger partial charge in [-0.1, -0.05) is 6.92 Å². The summed E-state index contributed by atoms with van der Waals surface area (Å²) in [4.78, 5) is 14.9. The van der Waals surface area contributed by atoms with Crippen LogP contribution >= 0.6 is 0 Å². The average Bonchev–Trinajstić information content (AvgIpc) is 2.93. The molecule has 4 N–H and O–H groups in total. The van der Waals surface area contributed by atoms with Crippen LogP contribution in [0.2, 0.25) is 0 Å². The van der Waals surface area contributed by atoms with Crippen molar-refractivity contribution in [2.24, 2.45) is 11.8 Å². The highest BCUT2D eigenvalue weighted by Gasteiger charge is 2.31. The predicted molar refractivity (Wildman–Crippen MR) is 61.4 cm³/mol. The number of nitrogens with zero attached hydrogens (tertiary/aromatic N) is 1. The number of carbonyl (C=O) groups is 1. The lowest BCUT2D eigenvalue weighted by molar-refractivity contribution is 0.0698. The Balaban J connectivity index is 2.04. The molecule has 1 aromatic rings. The zero-order valence-electron chi connectivity index (χ0n) is 9.10. The van der Waals surface area contributed by atoms with Gasteiger partial charge in [0.15, 0.2) is 0 Å². The summed E-state index contributed by atoms with van der Waals surface area (Å²) in [6, 6.07) is 1.48. The highest BCUT2D eigenvalue weighted by atomic mass is 16.4. The average molecular weight is 221 g/mol. The van der Waals surface area contributed by atoms with Gasteiger partial charge in [-0.3, -0.25) is 0 Å². The fourth-order valence-corrected chi connectivity index (χ4v) is 1.67. The summed E-state index contributed by atoms with van der Waals surface area (Å²) in [6.07, 6.45) is 2.61. The Bertz CT molecular complexity index is 420. The fourth-order valence-electron chi connectivity index (χ4n) is 1.67. The van der Waals surface area contributed by atoms with E-state index in [4.69, 9.17) is 10.8 Å². The van der Waals surface area contributed by atoms with E-state index in [9.17, 15) is 4.79 Å². The van der Waals surface area contributed by atoms with Crippen LogP contribution in [0.3, 0.4) is 0 Å². The van der Waals surface area contributed by atoms with Crippen molar-refractivity contribution in [2.75, 3.05) is 17.6 Å². The molecule has 0 spiro atoms. The number of rotatable bonds is 4. The first-order valence-corrected chi connectivity index (χ1v) is 5.30. The summed E-state index contributed by atoms with van der Waals surface area (Å²) < 4.78 is 0. The topological polar surface area (TPSA) is 88.2 Å². The quantitative estimate of drug-likeness (QED) is 0.715. The van der Waals surface area contributed by atoms with E-state index in [-0.39, 0.29) is 11.3 Å². The van der Waals surface area contributed by atoms with Crippen LogP contribution in [0.15, 0.2) is 12.3 Å². The van der Waals surface area contributed by atoms with Crippen LogP contribution in [0.25, 0.3) is 0 Å². The number of hydrogen-bond acceptors (Lipinski definition) is 4. The molecule has 2 rings (SSSR count).